The molecule has 0 aliphatic heterocycles. The van der Waals surface area contributed by atoms with Crippen LogP contribution in [0, 0.1) is 11.8 Å². The Bertz CT molecular complexity index is 485. The van der Waals surface area contributed by atoms with Crippen molar-refractivity contribution in [1.82, 2.24) is 5.32 Å². The van der Waals surface area contributed by atoms with Crippen molar-refractivity contribution in [2.75, 3.05) is 13.1 Å². The largest absolute Gasteiger partial charge is 0.370 e. The van der Waals surface area contributed by atoms with Gasteiger partial charge in [0.25, 0.3) is 5.91 Å². The van der Waals surface area contributed by atoms with Crippen LogP contribution in [0.1, 0.15) is 28.1 Å². The first-order valence-electron chi connectivity index (χ1n) is 5.48. The third-order valence-electron chi connectivity index (χ3n) is 2.08. The van der Waals surface area contributed by atoms with Gasteiger partial charge in [-0.15, -0.1) is 11.3 Å². The van der Waals surface area contributed by atoms with E-state index >= 15 is 0 Å². The van der Waals surface area contributed by atoms with Crippen molar-refractivity contribution in [2.24, 2.45) is 11.5 Å². The Hall–Kier alpha value is -1.84. The van der Waals surface area contributed by atoms with E-state index in [4.69, 9.17) is 11.5 Å². The Balaban J connectivity index is 2.51. The molecule has 0 bridgehead atoms. The van der Waals surface area contributed by atoms with Gasteiger partial charge in [0.2, 0.25) is 5.91 Å². The number of hydrogen-bond donors (Lipinski definition) is 3. The van der Waals surface area contributed by atoms with E-state index in [-0.39, 0.29) is 24.8 Å². The molecule has 0 aliphatic carbocycles. The summed E-state index contributed by atoms with van der Waals surface area (Å²) in [6.45, 7) is 0.680. The zero-order valence-electron chi connectivity index (χ0n) is 9.86. The van der Waals surface area contributed by atoms with Crippen molar-refractivity contribution < 1.29 is 9.59 Å². The minimum Gasteiger partial charge on any atom is -0.370 e. The van der Waals surface area contributed by atoms with Gasteiger partial charge in [0, 0.05) is 18.5 Å². The number of primary amides is 1. The quantitative estimate of drug-likeness (QED) is 0.518. The highest BCUT2D eigenvalue weighted by Gasteiger charge is 2.11. The maximum Gasteiger partial charge on any atom is 0.262 e. The number of rotatable bonds is 5. The Kier molecular flexibility index (Phi) is 5.91. The predicted molar refractivity (Wildman–Crippen MR) is 71.0 cm³/mol. The third-order valence-corrected chi connectivity index (χ3v) is 3.00. The van der Waals surface area contributed by atoms with Crippen LogP contribution in [0.4, 0.5) is 0 Å². The second-order valence-electron chi connectivity index (χ2n) is 3.50. The van der Waals surface area contributed by atoms with E-state index in [1.807, 2.05) is 0 Å². The molecular formula is C12H15N3O2S. The fourth-order valence-electron chi connectivity index (χ4n) is 1.27. The first-order valence-corrected chi connectivity index (χ1v) is 6.36. The van der Waals surface area contributed by atoms with Gasteiger partial charge in [0.15, 0.2) is 0 Å². The molecule has 0 aliphatic rings. The van der Waals surface area contributed by atoms with Crippen LogP contribution in [0.2, 0.25) is 0 Å². The number of thiophene rings is 1. The van der Waals surface area contributed by atoms with Gasteiger partial charge < -0.3 is 16.8 Å². The Morgan fingerprint density at radius 2 is 2.22 bits per heavy atom. The molecule has 0 radical (unpaired) electrons. The summed E-state index contributed by atoms with van der Waals surface area (Å²) in [5.41, 5.74) is 11.0. The molecule has 0 saturated carbocycles. The molecule has 1 aromatic rings. The van der Waals surface area contributed by atoms with Crippen molar-refractivity contribution in [3.05, 3.63) is 21.9 Å². The molecule has 1 heterocycles. The summed E-state index contributed by atoms with van der Waals surface area (Å²) in [4.78, 5) is 22.9. The van der Waals surface area contributed by atoms with E-state index in [0.717, 1.165) is 0 Å². The van der Waals surface area contributed by atoms with Crippen LogP contribution in [0.25, 0.3) is 0 Å². The van der Waals surface area contributed by atoms with Crippen molar-refractivity contribution in [1.29, 1.82) is 0 Å². The van der Waals surface area contributed by atoms with Gasteiger partial charge in [-0.2, -0.15) is 0 Å². The lowest BCUT2D eigenvalue weighted by molar-refractivity contribution is -0.118. The van der Waals surface area contributed by atoms with E-state index in [1.54, 1.807) is 11.4 Å². The number of hydrogen-bond acceptors (Lipinski definition) is 4. The van der Waals surface area contributed by atoms with Gasteiger partial charge in [0.1, 0.15) is 4.88 Å². The summed E-state index contributed by atoms with van der Waals surface area (Å²) < 4.78 is 0. The van der Waals surface area contributed by atoms with E-state index in [0.29, 0.717) is 23.4 Å². The molecule has 6 heteroatoms. The standard InChI is InChI=1S/C12H15N3O2S/c13-6-1-3-9-5-8-18-11(9)12(17)15-7-2-4-10(14)16/h5,8H,2,4,6-7,13H2,(H2,14,16)(H,15,17). The van der Waals surface area contributed by atoms with E-state index < -0.39 is 0 Å². The molecule has 96 valence electrons. The summed E-state index contributed by atoms with van der Waals surface area (Å²) in [6.07, 6.45) is 0.806. The second kappa shape index (κ2) is 7.48. The lowest BCUT2D eigenvalue weighted by Gasteiger charge is -2.02. The fourth-order valence-corrected chi connectivity index (χ4v) is 2.04. The Labute approximate surface area is 110 Å². The first kappa shape index (κ1) is 14.2. The second-order valence-corrected chi connectivity index (χ2v) is 4.41. The van der Waals surface area contributed by atoms with E-state index in [9.17, 15) is 9.59 Å². The fraction of sp³-hybridized carbons (Fsp3) is 0.333. The molecular weight excluding hydrogens is 250 g/mol. The number of carbonyl (C=O) groups is 2. The van der Waals surface area contributed by atoms with Crippen LogP contribution in [0.15, 0.2) is 11.4 Å². The van der Waals surface area contributed by atoms with Crippen LogP contribution < -0.4 is 16.8 Å². The number of nitrogens with two attached hydrogens (primary N) is 2. The smallest absolute Gasteiger partial charge is 0.262 e. The van der Waals surface area contributed by atoms with Crippen LogP contribution in [0.5, 0.6) is 0 Å². The topological polar surface area (TPSA) is 98.2 Å². The van der Waals surface area contributed by atoms with Crippen molar-refractivity contribution in [3.63, 3.8) is 0 Å². The maximum atomic E-state index is 11.8. The highest BCUT2D eigenvalue weighted by atomic mass is 32.1. The highest BCUT2D eigenvalue weighted by Crippen LogP contribution is 2.15. The maximum absolute atomic E-state index is 11.8. The summed E-state index contributed by atoms with van der Waals surface area (Å²) in [5.74, 6) is 5.00. The average Bonchev–Trinajstić information content (AvgIpc) is 2.79. The SMILES string of the molecule is NCC#Cc1ccsc1C(=O)NCCCC(N)=O. The van der Waals surface area contributed by atoms with Crippen molar-refractivity contribution >= 4 is 23.2 Å². The number of carbonyl (C=O) groups excluding carboxylic acids is 2. The molecule has 0 unspecified atom stereocenters. The number of amides is 2. The van der Waals surface area contributed by atoms with Gasteiger partial charge in [-0.25, -0.2) is 0 Å². The molecule has 2 amide bonds. The number of nitrogens with one attached hydrogen (secondary N) is 1. The molecule has 5 nitrogen and oxygen atoms in total. The van der Waals surface area contributed by atoms with E-state index in [1.165, 1.54) is 11.3 Å². The van der Waals surface area contributed by atoms with Crippen LogP contribution in [-0.4, -0.2) is 24.9 Å². The molecule has 5 N–H and O–H groups in total. The molecule has 1 aromatic heterocycles. The van der Waals surface area contributed by atoms with Gasteiger partial charge in [-0.05, 0) is 17.9 Å². The summed E-state index contributed by atoms with van der Waals surface area (Å²) >= 11 is 1.33. The summed E-state index contributed by atoms with van der Waals surface area (Å²) in [7, 11) is 0. The average molecular weight is 265 g/mol. The normalized spacial score (nSPS) is 9.39. The van der Waals surface area contributed by atoms with Crippen LogP contribution in [0.3, 0.4) is 0 Å². The molecule has 1 rings (SSSR count). The zero-order valence-corrected chi connectivity index (χ0v) is 10.7. The highest BCUT2D eigenvalue weighted by molar-refractivity contribution is 7.12. The molecule has 0 fully saturated rings. The van der Waals surface area contributed by atoms with Gasteiger partial charge >= 0.3 is 0 Å². The predicted octanol–water partition coefficient (Wildman–Crippen LogP) is 0.0536. The minimum absolute atomic E-state index is 0.184. The summed E-state index contributed by atoms with van der Waals surface area (Å²) in [6, 6.07) is 1.78. The van der Waals surface area contributed by atoms with E-state index in [2.05, 4.69) is 17.2 Å². The van der Waals surface area contributed by atoms with Crippen molar-refractivity contribution in [3.8, 4) is 11.8 Å². The third kappa shape index (κ3) is 4.57. The molecule has 0 atom stereocenters. The lowest BCUT2D eigenvalue weighted by atomic mass is 10.2. The summed E-state index contributed by atoms with van der Waals surface area (Å²) in [5, 5.41) is 4.53. The molecule has 0 saturated heterocycles. The zero-order chi connectivity index (χ0) is 13.4. The Morgan fingerprint density at radius 3 is 2.89 bits per heavy atom. The van der Waals surface area contributed by atoms with Crippen molar-refractivity contribution in [2.45, 2.75) is 12.8 Å². The van der Waals surface area contributed by atoms with Crippen LogP contribution in [-0.2, 0) is 4.79 Å². The minimum atomic E-state index is -0.366. The molecule has 0 aromatic carbocycles. The van der Waals surface area contributed by atoms with Crippen LogP contribution >= 0.6 is 11.3 Å². The van der Waals surface area contributed by atoms with Gasteiger partial charge in [0.05, 0.1) is 6.54 Å². The molecule has 0 spiro atoms. The lowest BCUT2D eigenvalue weighted by Crippen LogP contribution is -2.25. The Morgan fingerprint density at radius 1 is 1.44 bits per heavy atom. The monoisotopic (exact) mass is 265 g/mol. The molecule has 18 heavy (non-hydrogen) atoms. The van der Waals surface area contributed by atoms with Gasteiger partial charge in [-0.3, -0.25) is 9.59 Å². The first-order chi connectivity index (χ1) is 8.65. The van der Waals surface area contributed by atoms with Gasteiger partial charge in [-0.1, -0.05) is 11.8 Å².